The molecule has 5 rings (SSSR count). The number of aliphatic hydroxyl groups is 2. The molecule has 2 aromatic heterocycles. The molecule has 14 nitrogen and oxygen atoms in total. The van der Waals surface area contributed by atoms with Gasteiger partial charge in [-0.2, -0.15) is 0 Å². The number of ether oxygens (including phenoxy) is 1. The Labute approximate surface area is 243 Å². The quantitative estimate of drug-likeness (QED) is 0.212. The Kier molecular flexibility index (Phi) is 8.82. The number of hydrogen-bond acceptors (Lipinski definition) is 12. The fourth-order valence-corrected chi connectivity index (χ4v) is 6.75. The third-order valence-electron chi connectivity index (χ3n) is 7.20. The molecule has 3 heterocycles. The van der Waals surface area contributed by atoms with Crippen LogP contribution in [0.4, 0.5) is 22.2 Å². The Hall–Kier alpha value is -3.92. The molecule has 1 aliphatic heterocycles. The van der Waals surface area contributed by atoms with Crippen molar-refractivity contribution in [1.82, 2.24) is 25.3 Å². The highest BCUT2D eigenvalue weighted by molar-refractivity contribution is 7.92. The molecular weight excluding hydrogens is 564 g/mol. The number of aliphatic hydroxyl groups excluding tert-OH is 2. The number of rotatable bonds is 11. The third kappa shape index (κ3) is 6.13. The van der Waals surface area contributed by atoms with Crippen LogP contribution in [0.25, 0.3) is 11.4 Å². The number of sulfone groups is 1. The fraction of sp³-hybridized carbons (Fsp3) is 0.444. The molecule has 2 amide bonds. The van der Waals surface area contributed by atoms with Crippen molar-refractivity contribution >= 4 is 33.3 Å². The Morgan fingerprint density at radius 3 is 2.45 bits per heavy atom. The molecule has 5 N–H and O–H groups in total. The number of nitrogens with one attached hydrogen (secondary N) is 3. The van der Waals surface area contributed by atoms with Gasteiger partial charge < -0.3 is 30.5 Å². The van der Waals surface area contributed by atoms with E-state index in [1.165, 1.54) is 12.4 Å². The molecule has 0 spiro atoms. The lowest BCUT2D eigenvalue weighted by molar-refractivity contribution is 0.0985. The summed E-state index contributed by atoms with van der Waals surface area (Å²) in [6.45, 7) is 3.84. The summed E-state index contributed by atoms with van der Waals surface area (Å²) in [6.07, 6.45) is 3.76. The van der Waals surface area contributed by atoms with Crippen LogP contribution in [0.1, 0.15) is 25.5 Å². The molecule has 42 heavy (non-hydrogen) atoms. The normalized spacial score (nSPS) is 17.9. The summed E-state index contributed by atoms with van der Waals surface area (Å²) in [7, 11) is -3.82. The van der Waals surface area contributed by atoms with Gasteiger partial charge in [-0.1, -0.05) is 0 Å². The summed E-state index contributed by atoms with van der Waals surface area (Å²) in [5, 5.41) is 25.9. The van der Waals surface area contributed by atoms with E-state index in [0.717, 1.165) is 0 Å². The molecule has 1 atom stereocenters. The second-order valence-electron chi connectivity index (χ2n) is 10.1. The van der Waals surface area contributed by atoms with Crippen LogP contribution >= 0.6 is 0 Å². The number of carbonyl (C=O) groups excluding carboxylic acids is 1. The summed E-state index contributed by atoms with van der Waals surface area (Å²) >= 11 is 0. The Morgan fingerprint density at radius 2 is 1.81 bits per heavy atom. The van der Waals surface area contributed by atoms with E-state index < -0.39 is 20.6 Å². The van der Waals surface area contributed by atoms with Gasteiger partial charge in [0.15, 0.2) is 15.7 Å². The van der Waals surface area contributed by atoms with E-state index in [1.807, 2.05) is 6.92 Å². The Balaban J connectivity index is 1.50. The van der Waals surface area contributed by atoms with Crippen molar-refractivity contribution in [3.8, 4) is 11.4 Å². The molecule has 0 bridgehead atoms. The van der Waals surface area contributed by atoms with Gasteiger partial charge >= 0.3 is 6.03 Å². The van der Waals surface area contributed by atoms with Gasteiger partial charge in [-0.3, -0.25) is 5.32 Å². The number of hydrogen-bond donors (Lipinski definition) is 5. The van der Waals surface area contributed by atoms with Gasteiger partial charge in [0.05, 0.1) is 48.6 Å². The van der Waals surface area contributed by atoms with Crippen molar-refractivity contribution in [1.29, 1.82) is 0 Å². The highest BCUT2D eigenvalue weighted by Crippen LogP contribution is 2.55. The second kappa shape index (κ2) is 12.5. The van der Waals surface area contributed by atoms with Gasteiger partial charge in [0, 0.05) is 43.8 Å². The number of morpholine rings is 1. The van der Waals surface area contributed by atoms with Crippen LogP contribution in [0.3, 0.4) is 0 Å². The predicted octanol–water partition coefficient (Wildman–Crippen LogP) is 1.14. The molecule has 1 aliphatic carbocycles. The molecule has 224 valence electrons. The highest BCUT2D eigenvalue weighted by atomic mass is 32.2. The van der Waals surface area contributed by atoms with Crippen LogP contribution < -0.4 is 20.9 Å². The number of amides is 2. The molecule has 0 radical (unpaired) electrons. The van der Waals surface area contributed by atoms with E-state index >= 15 is 0 Å². The van der Waals surface area contributed by atoms with Crippen LogP contribution in [0.2, 0.25) is 0 Å². The maximum Gasteiger partial charge on any atom is 0.321 e. The first kappa shape index (κ1) is 29.6. The predicted molar refractivity (Wildman–Crippen MR) is 155 cm³/mol. The number of nitrogens with zero attached hydrogens (tertiary/aromatic N) is 5. The van der Waals surface area contributed by atoms with E-state index in [9.17, 15) is 13.2 Å². The number of urea groups is 1. The summed E-state index contributed by atoms with van der Waals surface area (Å²) in [5.41, 5.74) is 1.56. The second-order valence-corrected chi connectivity index (χ2v) is 12.4. The standard InChI is InChI=1S/C27H34N8O6S/c1-18-17-41-13-10-35(18)23-14-22(27(6-7-27)42(39,40)21-4-2-20(3-5-21)28-8-11-36)32-24(33-23)19-15-30-25(31-16-19)34-26(38)29-9-12-37/h2-5,14-16,18,28,36-37H,6-13,17H2,1H3,(H2,29,30,31,34,38)/t18-/m0/s1. The van der Waals surface area contributed by atoms with Crippen molar-refractivity contribution in [2.24, 2.45) is 0 Å². The highest BCUT2D eigenvalue weighted by Gasteiger charge is 2.58. The van der Waals surface area contributed by atoms with Crippen molar-refractivity contribution < 1.29 is 28.2 Å². The van der Waals surface area contributed by atoms with Crippen molar-refractivity contribution in [3.05, 3.63) is 48.4 Å². The zero-order valence-corrected chi connectivity index (χ0v) is 24.0. The van der Waals surface area contributed by atoms with E-state index in [4.69, 9.17) is 24.9 Å². The first-order valence-electron chi connectivity index (χ1n) is 13.7. The lowest BCUT2D eigenvalue weighted by Crippen LogP contribution is -2.44. The minimum absolute atomic E-state index is 0.0142. The van der Waals surface area contributed by atoms with E-state index in [2.05, 4.69) is 30.8 Å². The molecule has 2 fully saturated rings. The summed E-state index contributed by atoms with van der Waals surface area (Å²) in [5.74, 6) is 0.898. The molecule has 15 heteroatoms. The van der Waals surface area contributed by atoms with Crippen molar-refractivity contribution in [2.45, 2.75) is 35.4 Å². The minimum atomic E-state index is -3.82. The average molecular weight is 599 g/mol. The van der Waals surface area contributed by atoms with Crippen molar-refractivity contribution in [2.75, 3.05) is 61.6 Å². The largest absolute Gasteiger partial charge is 0.395 e. The van der Waals surface area contributed by atoms with E-state index in [0.29, 0.717) is 61.9 Å². The topological polar surface area (TPSA) is 192 Å². The minimum Gasteiger partial charge on any atom is -0.395 e. The fourth-order valence-electron chi connectivity index (χ4n) is 4.79. The van der Waals surface area contributed by atoms with Gasteiger partial charge in [-0.05, 0) is 44.0 Å². The average Bonchev–Trinajstić information content (AvgIpc) is 3.83. The van der Waals surface area contributed by atoms with Crippen LogP contribution in [0.15, 0.2) is 47.6 Å². The van der Waals surface area contributed by atoms with E-state index in [-0.39, 0.29) is 42.5 Å². The molecule has 1 saturated carbocycles. The SMILES string of the molecule is C[C@H]1COCCN1c1cc(C2(S(=O)(=O)c3ccc(NCCO)cc3)CC2)nc(-c2cnc(NC(=O)NCCO)nc2)n1. The molecule has 1 saturated heterocycles. The summed E-state index contributed by atoms with van der Waals surface area (Å²) < 4.78 is 32.4. The third-order valence-corrected chi connectivity index (χ3v) is 9.74. The van der Waals surface area contributed by atoms with Gasteiger partial charge in [-0.15, -0.1) is 0 Å². The van der Waals surface area contributed by atoms with Crippen LogP contribution in [0.5, 0.6) is 0 Å². The van der Waals surface area contributed by atoms with Gasteiger partial charge in [0.25, 0.3) is 0 Å². The summed E-state index contributed by atoms with van der Waals surface area (Å²) in [4.78, 5) is 32.1. The molecule has 3 aromatic rings. The zero-order chi connectivity index (χ0) is 29.7. The Morgan fingerprint density at radius 1 is 1.10 bits per heavy atom. The number of anilines is 3. The molecule has 2 aliphatic rings. The first-order valence-corrected chi connectivity index (χ1v) is 15.2. The van der Waals surface area contributed by atoms with Gasteiger partial charge in [-0.25, -0.2) is 33.1 Å². The van der Waals surface area contributed by atoms with Crippen LogP contribution in [-0.2, 0) is 19.3 Å². The Bertz CT molecular complexity index is 1500. The molecular formula is C27H34N8O6S. The van der Waals surface area contributed by atoms with E-state index in [1.54, 1.807) is 30.3 Å². The number of benzene rings is 1. The maximum atomic E-state index is 14.0. The van der Waals surface area contributed by atoms with Gasteiger partial charge in [0.2, 0.25) is 5.95 Å². The molecule has 0 unspecified atom stereocenters. The monoisotopic (exact) mass is 598 g/mol. The number of aromatic nitrogens is 4. The maximum absolute atomic E-state index is 14.0. The van der Waals surface area contributed by atoms with Gasteiger partial charge in [0.1, 0.15) is 10.6 Å². The lowest BCUT2D eigenvalue weighted by atomic mass is 10.2. The first-order chi connectivity index (χ1) is 20.3. The van der Waals surface area contributed by atoms with Crippen LogP contribution in [-0.4, -0.2) is 96.7 Å². The molecule has 1 aromatic carbocycles. The zero-order valence-electron chi connectivity index (χ0n) is 23.2. The van der Waals surface area contributed by atoms with Crippen molar-refractivity contribution in [3.63, 3.8) is 0 Å². The lowest BCUT2D eigenvalue weighted by Gasteiger charge is -2.34. The summed E-state index contributed by atoms with van der Waals surface area (Å²) in [6, 6.07) is 7.72. The smallest absolute Gasteiger partial charge is 0.321 e. The van der Waals surface area contributed by atoms with Crippen LogP contribution in [0, 0.1) is 0 Å². The number of carbonyl (C=O) groups is 1.